The topological polar surface area (TPSA) is 63.4 Å². The van der Waals surface area contributed by atoms with Crippen molar-refractivity contribution in [3.8, 4) is 0 Å². The number of hydrogen-bond donors (Lipinski definition) is 0. The van der Waals surface area contributed by atoms with Crippen molar-refractivity contribution < 1.29 is 4.79 Å². The van der Waals surface area contributed by atoms with Crippen LogP contribution in [0, 0.1) is 13.8 Å². The predicted octanol–water partition coefficient (Wildman–Crippen LogP) is 2.39. The van der Waals surface area contributed by atoms with Crippen LogP contribution in [0.15, 0.2) is 23.2 Å². The highest BCUT2D eigenvalue weighted by Gasteiger charge is 2.14. The highest BCUT2D eigenvalue weighted by molar-refractivity contribution is 7.07. The van der Waals surface area contributed by atoms with Crippen molar-refractivity contribution in [3.63, 3.8) is 0 Å². The lowest BCUT2D eigenvalue weighted by Gasteiger charge is -2.17. The fourth-order valence-electron chi connectivity index (χ4n) is 2.68. The molecule has 0 radical (unpaired) electrons. The Kier molecular flexibility index (Phi) is 4.38. The molecule has 7 heteroatoms. The Bertz CT molecular complexity index is 824. The van der Waals surface area contributed by atoms with E-state index in [1.807, 2.05) is 32.3 Å². The molecule has 1 amide bonds. The van der Waals surface area contributed by atoms with Crippen LogP contribution in [-0.2, 0) is 17.8 Å². The van der Waals surface area contributed by atoms with Crippen molar-refractivity contribution >= 4 is 23.0 Å². The molecular weight excluding hydrogens is 310 g/mol. The molecule has 6 nitrogen and oxygen atoms in total. The first-order chi connectivity index (χ1) is 11.1. The van der Waals surface area contributed by atoms with Crippen LogP contribution < -0.4 is 0 Å². The molecule has 0 atom stereocenters. The molecule has 23 heavy (non-hydrogen) atoms. The molecule has 0 bridgehead atoms. The Hall–Kier alpha value is -2.28. The number of carbonyl (C=O) groups is 1. The molecule has 0 saturated carbocycles. The van der Waals surface area contributed by atoms with Crippen molar-refractivity contribution in [2.24, 2.45) is 0 Å². The fourth-order valence-corrected chi connectivity index (χ4v) is 3.34. The number of thiophene rings is 1. The number of aryl methyl sites for hydroxylation is 2. The summed E-state index contributed by atoms with van der Waals surface area (Å²) in [6.45, 7) is 4.60. The third kappa shape index (κ3) is 3.24. The van der Waals surface area contributed by atoms with Crippen molar-refractivity contribution in [2.75, 3.05) is 7.05 Å². The second-order valence-electron chi connectivity index (χ2n) is 5.61. The van der Waals surface area contributed by atoms with Gasteiger partial charge in [-0.2, -0.15) is 21.4 Å². The van der Waals surface area contributed by atoms with Gasteiger partial charge in [-0.3, -0.25) is 4.79 Å². The molecule has 0 aliphatic rings. The summed E-state index contributed by atoms with van der Waals surface area (Å²) in [7, 11) is 1.85. The van der Waals surface area contributed by atoms with E-state index in [1.54, 1.807) is 20.8 Å². The molecule has 3 rings (SSSR count). The van der Waals surface area contributed by atoms with Crippen LogP contribution in [0.2, 0.25) is 0 Å². The first-order valence-electron chi connectivity index (χ1n) is 7.47. The van der Waals surface area contributed by atoms with E-state index in [9.17, 15) is 4.79 Å². The Morgan fingerprint density at radius 3 is 2.96 bits per heavy atom. The number of fused-ring (bicyclic) bond motifs is 1. The van der Waals surface area contributed by atoms with Crippen LogP contribution in [0.25, 0.3) is 5.78 Å². The van der Waals surface area contributed by atoms with Gasteiger partial charge in [-0.25, -0.2) is 9.50 Å². The zero-order valence-corrected chi connectivity index (χ0v) is 14.3. The van der Waals surface area contributed by atoms with Gasteiger partial charge in [0.05, 0.1) is 0 Å². The SMILES string of the molecule is Cc1nc2ncnn2c(C)c1CCC(=O)N(C)Cc1ccsc1. The molecular formula is C16H19N5OS. The minimum absolute atomic E-state index is 0.133. The van der Waals surface area contributed by atoms with E-state index in [-0.39, 0.29) is 5.91 Å². The summed E-state index contributed by atoms with van der Waals surface area (Å²) >= 11 is 1.65. The molecule has 0 aromatic carbocycles. The number of nitrogens with zero attached hydrogens (tertiary/aromatic N) is 5. The summed E-state index contributed by atoms with van der Waals surface area (Å²) in [5.74, 6) is 0.735. The fraction of sp³-hybridized carbons (Fsp3) is 0.375. The van der Waals surface area contributed by atoms with E-state index in [1.165, 1.54) is 11.9 Å². The lowest BCUT2D eigenvalue weighted by atomic mass is 10.1. The van der Waals surface area contributed by atoms with E-state index in [2.05, 4.69) is 20.4 Å². The molecule has 0 N–H and O–H groups in total. The second-order valence-corrected chi connectivity index (χ2v) is 6.39. The van der Waals surface area contributed by atoms with Gasteiger partial charge in [-0.1, -0.05) is 0 Å². The van der Waals surface area contributed by atoms with Crippen LogP contribution in [0.3, 0.4) is 0 Å². The maximum atomic E-state index is 12.4. The second kappa shape index (κ2) is 6.45. The van der Waals surface area contributed by atoms with Crippen molar-refractivity contribution in [1.29, 1.82) is 0 Å². The predicted molar refractivity (Wildman–Crippen MR) is 89.4 cm³/mol. The van der Waals surface area contributed by atoms with Gasteiger partial charge in [-0.15, -0.1) is 0 Å². The number of rotatable bonds is 5. The molecule has 0 spiro atoms. The molecule has 3 aromatic heterocycles. The van der Waals surface area contributed by atoms with Crippen LogP contribution in [0.1, 0.15) is 28.9 Å². The Balaban J connectivity index is 1.69. The average molecular weight is 329 g/mol. The molecule has 0 fully saturated rings. The van der Waals surface area contributed by atoms with Crippen molar-refractivity contribution in [2.45, 2.75) is 33.2 Å². The summed E-state index contributed by atoms with van der Waals surface area (Å²) in [6.07, 6.45) is 2.62. The minimum atomic E-state index is 0.133. The molecule has 0 saturated heterocycles. The number of amides is 1. The molecule has 120 valence electrons. The highest BCUT2D eigenvalue weighted by atomic mass is 32.1. The van der Waals surface area contributed by atoms with Gasteiger partial charge in [0.2, 0.25) is 5.91 Å². The summed E-state index contributed by atoms with van der Waals surface area (Å²) in [4.78, 5) is 22.7. The van der Waals surface area contributed by atoms with Gasteiger partial charge in [0.25, 0.3) is 5.78 Å². The normalized spacial score (nSPS) is 11.1. The van der Waals surface area contributed by atoms with E-state index in [4.69, 9.17) is 0 Å². The standard InChI is InChI=1S/C16H19N5OS/c1-11-14(12(2)21-16(19-11)17-10-18-21)4-5-15(22)20(3)8-13-6-7-23-9-13/h6-7,9-10H,4-5,8H2,1-3H3. The number of hydrogen-bond acceptors (Lipinski definition) is 5. The summed E-state index contributed by atoms with van der Waals surface area (Å²) in [6, 6.07) is 2.05. The maximum Gasteiger partial charge on any atom is 0.252 e. The molecule has 0 unspecified atom stereocenters. The van der Waals surface area contributed by atoms with Crippen LogP contribution in [-0.4, -0.2) is 37.4 Å². The van der Waals surface area contributed by atoms with E-state index >= 15 is 0 Å². The zero-order chi connectivity index (χ0) is 16.4. The monoisotopic (exact) mass is 329 g/mol. The molecule has 3 aromatic rings. The molecule has 0 aliphatic carbocycles. The van der Waals surface area contributed by atoms with Crippen LogP contribution in [0.5, 0.6) is 0 Å². The molecule has 3 heterocycles. The highest BCUT2D eigenvalue weighted by Crippen LogP contribution is 2.16. The van der Waals surface area contributed by atoms with Gasteiger partial charge in [0.15, 0.2) is 0 Å². The minimum Gasteiger partial charge on any atom is -0.341 e. The third-order valence-corrected chi connectivity index (χ3v) is 4.74. The average Bonchev–Trinajstić information content (AvgIpc) is 3.18. The van der Waals surface area contributed by atoms with Crippen molar-refractivity contribution in [3.05, 3.63) is 45.7 Å². The van der Waals surface area contributed by atoms with E-state index in [0.29, 0.717) is 25.2 Å². The van der Waals surface area contributed by atoms with E-state index in [0.717, 1.165) is 17.0 Å². The van der Waals surface area contributed by atoms with Crippen molar-refractivity contribution in [1.82, 2.24) is 24.5 Å². The van der Waals surface area contributed by atoms with Crippen LogP contribution >= 0.6 is 11.3 Å². The quantitative estimate of drug-likeness (QED) is 0.721. The van der Waals surface area contributed by atoms with Crippen LogP contribution in [0.4, 0.5) is 0 Å². The number of carbonyl (C=O) groups excluding carboxylic acids is 1. The zero-order valence-electron chi connectivity index (χ0n) is 13.5. The third-order valence-electron chi connectivity index (χ3n) is 4.00. The lowest BCUT2D eigenvalue weighted by Crippen LogP contribution is -2.26. The summed E-state index contributed by atoms with van der Waals surface area (Å²) < 4.78 is 1.72. The number of aromatic nitrogens is 4. The molecule has 0 aliphatic heterocycles. The summed E-state index contributed by atoms with van der Waals surface area (Å²) in [5.41, 5.74) is 4.15. The lowest BCUT2D eigenvalue weighted by molar-refractivity contribution is -0.130. The smallest absolute Gasteiger partial charge is 0.252 e. The Morgan fingerprint density at radius 1 is 1.39 bits per heavy atom. The van der Waals surface area contributed by atoms with Gasteiger partial charge in [0, 0.05) is 31.4 Å². The first-order valence-corrected chi connectivity index (χ1v) is 8.41. The van der Waals surface area contributed by atoms with Gasteiger partial charge < -0.3 is 4.90 Å². The maximum absolute atomic E-state index is 12.4. The van der Waals surface area contributed by atoms with Gasteiger partial charge in [-0.05, 0) is 48.2 Å². The van der Waals surface area contributed by atoms with Gasteiger partial charge in [0.1, 0.15) is 6.33 Å². The van der Waals surface area contributed by atoms with Gasteiger partial charge >= 0.3 is 0 Å². The largest absolute Gasteiger partial charge is 0.341 e. The first kappa shape index (κ1) is 15.6. The van der Waals surface area contributed by atoms with E-state index < -0.39 is 0 Å². The Morgan fingerprint density at radius 2 is 2.22 bits per heavy atom. The summed E-state index contributed by atoms with van der Waals surface area (Å²) in [5, 5.41) is 8.28. The Labute approximate surface area is 138 Å².